The molecule has 3 aromatic heterocycles. The molecule has 1 fully saturated rings. The summed E-state index contributed by atoms with van der Waals surface area (Å²) in [4.78, 5) is 32.9. The van der Waals surface area contributed by atoms with Crippen LogP contribution in [0.1, 0.15) is 33.9 Å². The Balaban J connectivity index is 1.24. The van der Waals surface area contributed by atoms with Crippen LogP contribution >= 0.6 is 11.9 Å². The second-order valence-corrected chi connectivity index (χ2v) is 10.4. The van der Waals surface area contributed by atoms with Gasteiger partial charge in [0.15, 0.2) is 0 Å². The maximum Gasteiger partial charge on any atom is 0.310 e. The molecule has 0 aliphatic carbocycles. The summed E-state index contributed by atoms with van der Waals surface area (Å²) in [5.74, 6) is 0.349. The van der Waals surface area contributed by atoms with Crippen LogP contribution in [0.2, 0.25) is 0 Å². The summed E-state index contributed by atoms with van der Waals surface area (Å²) in [6.45, 7) is 6.52. The van der Waals surface area contributed by atoms with Gasteiger partial charge in [-0.2, -0.15) is 0 Å². The lowest BCUT2D eigenvalue weighted by Gasteiger charge is -2.27. The molecular formula is C26H32N6O3S. The van der Waals surface area contributed by atoms with E-state index in [1.807, 2.05) is 29.8 Å². The van der Waals surface area contributed by atoms with E-state index in [-0.39, 0.29) is 17.8 Å². The molecule has 1 amide bonds. The molecule has 5 rings (SSSR count). The Labute approximate surface area is 215 Å². The number of carbonyl (C=O) groups excluding carboxylic acids is 2. The van der Waals surface area contributed by atoms with E-state index >= 15 is 0 Å². The first-order chi connectivity index (χ1) is 17.4. The van der Waals surface area contributed by atoms with Crippen LogP contribution in [0.5, 0.6) is 0 Å². The summed E-state index contributed by atoms with van der Waals surface area (Å²) in [5.41, 5.74) is 3.93. The number of amides is 1. The van der Waals surface area contributed by atoms with Gasteiger partial charge in [0.2, 0.25) is 0 Å². The molecule has 190 valence electrons. The SMILES string of the molecule is COC(=O)C1CCN(c2ncccc2CNC(=O)c2cc(SN3CCn4cccc4C3)c(C)n2C)C1. The fraction of sp³-hybridized carbons (Fsp3) is 0.423. The van der Waals surface area contributed by atoms with Crippen LogP contribution in [0.25, 0.3) is 0 Å². The van der Waals surface area contributed by atoms with Gasteiger partial charge in [-0.1, -0.05) is 6.07 Å². The lowest BCUT2D eigenvalue weighted by Crippen LogP contribution is -2.28. The summed E-state index contributed by atoms with van der Waals surface area (Å²) in [6, 6.07) is 10.1. The van der Waals surface area contributed by atoms with E-state index in [0.29, 0.717) is 18.8 Å². The Bertz CT molecular complexity index is 1270. The van der Waals surface area contributed by atoms with Crippen molar-refractivity contribution in [3.05, 3.63) is 65.4 Å². The number of esters is 1. The van der Waals surface area contributed by atoms with Crippen molar-refractivity contribution < 1.29 is 14.3 Å². The number of fused-ring (bicyclic) bond motifs is 1. The number of rotatable bonds is 7. The van der Waals surface area contributed by atoms with Gasteiger partial charge < -0.3 is 24.1 Å². The molecule has 0 saturated carbocycles. The Morgan fingerprint density at radius 2 is 2.08 bits per heavy atom. The standard InChI is InChI=1S/C26H32N6O3S/c1-18-23(36-32-13-12-30-10-5-7-21(30)17-32)14-22(29(18)2)25(33)28-15-19-6-4-9-27-24(19)31-11-8-20(16-31)26(34)35-3/h4-7,9-10,14,20H,8,11-13,15-17H2,1-3H3,(H,28,33). The number of hydrogen-bond donors (Lipinski definition) is 1. The maximum atomic E-state index is 13.2. The van der Waals surface area contributed by atoms with Crippen molar-refractivity contribution in [3.63, 3.8) is 0 Å². The second kappa shape index (κ2) is 10.4. The molecule has 2 aliphatic heterocycles. The van der Waals surface area contributed by atoms with Gasteiger partial charge in [0, 0.05) is 80.6 Å². The Morgan fingerprint density at radius 1 is 1.22 bits per heavy atom. The quantitative estimate of drug-likeness (QED) is 0.388. The molecule has 0 radical (unpaired) electrons. The third kappa shape index (κ3) is 4.87. The highest BCUT2D eigenvalue weighted by Crippen LogP contribution is 2.32. The molecule has 0 bridgehead atoms. The average molecular weight is 509 g/mol. The molecule has 9 nitrogen and oxygen atoms in total. The molecule has 3 aromatic rings. The lowest BCUT2D eigenvalue weighted by molar-refractivity contribution is -0.144. The minimum absolute atomic E-state index is 0.122. The predicted molar refractivity (Wildman–Crippen MR) is 139 cm³/mol. The number of ether oxygens (including phenoxy) is 1. The molecule has 0 aromatic carbocycles. The summed E-state index contributed by atoms with van der Waals surface area (Å²) in [7, 11) is 3.36. The number of nitrogens with zero attached hydrogens (tertiary/aromatic N) is 5. The zero-order chi connectivity index (χ0) is 25.2. The number of carbonyl (C=O) groups is 2. The van der Waals surface area contributed by atoms with Crippen molar-refractivity contribution in [3.8, 4) is 0 Å². The third-order valence-corrected chi connectivity index (χ3v) is 8.31. The number of anilines is 1. The van der Waals surface area contributed by atoms with E-state index in [4.69, 9.17) is 4.74 Å². The van der Waals surface area contributed by atoms with E-state index in [0.717, 1.165) is 54.6 Å². The van der Waals surface area contributed by atoms with Gasteiger partial charge in [-0.05, 0) is 49.6 Å². The predicted octanol–water partition coefficient (Wildman–Crippen LogP) is 2.98. The first kappa shape index (κ1) is 24.5. The molecule has 1 unspecified atom stereocenters. The number of pyridine rings is 1. The smallest absolute Gasteiger partial charge is 0.310 e. The van der Waals surface area contributed by atoms with Crippen LogP contribution in [-0.4, -0.2) is 57.0 Å². The largest absolute Gasteiger partial charge is 0.469 e. The number of hydrogen-bond acceptors (Lipinski definition) is 7. The highest BCUT2D eigenvalue weighted by Gasteiger charge is 2.31. The highest BCUT2D eigenvalue weighted by atomic mass is 32.2. The first-order valence-electron chi connectivity index (χ1n) is 12.2. The van der Waals surface area contributed by atoms with E-state index < -0.39 is 0 Å². The van der Waals surface area contributed by atoms with Gasteiger partial charge in [-0.25, -0.2) is 9.29 Å². The van der Waals surface area contributed by atoms with Crippen LogP contribution in [0.3, 0.4) is 0 Å². The Morgan fingerprint density at radius 3 is 2.92 bits per heavy atom. The number of nitrogens with one attached hydrogen (secondary N) is 1. The topological polar surface area (TPSA) is 84.6 Å². The normalized spacial score (nSPS) is 17.8. The molecule has 10 heteroatoms. The van der Waals surface area contributed by atoms with Crippen molar-refractivity contribution in [1.82, 2.24) is 23.7 Å². The molecule has 36 heavy (non-hydrogen) atoms. The van der Waals surface area contributed by atoms with E-state index in [9.17, 15) is 9.59 Å². The molecule has 5 heterocycles. The van der Waals surface area contributed by atoms with Crippen molar-refractivity contribution in [2.24, 2.45) is 13.0 Å². The van der Waals surface area contributed by atoms with Crippen molar-refractivity contribution >= 4 is 29.6 Å². The average Bonchev–Trinajstić information content (AvgIpc) is 3.63. The lowest BCUT2D eigenvalue weighted by atomic mass is 10.1. The van der Waals surface area contributed by atoms with Gasteiger partial charge in [0.25, 0.3) is 5.91 Å². The van der Waals surface area contributed by atoms with Gasteiger partial charge in [0.05, 0.1) is 13.0 Å². The minimum Gasteiger partial charge on any atom is -0.469 e. The van der Waals surface area contributed by atoms with Gasteiger partial charge >= 0.3 is 5.97 Å². The van der Waals surface area contributed by atoms with Crippen LogP contribution in [0.15, 0.2) is 47.6 Å². The Hall–Kier alpha value is -3.24. The summed E-state index contributed by atoms with van der Waals surface area (Å²) in [6.07, 6.45) is 4.61. The number of aromatic nitrogens is 3. The summed E-state index contributed by atoms with van der Waals surface area (Å²) >= 11 is 1.71. The summed E-state index contributed by atoms with van der Waals surface area (Å²) < 4.78 is 11.5. The monoisotopic (exact) mass is 508 g/mol. The third-order valence-electron chi connectivity index (χ3n) is 7.13. The van der Waals surface area contributed by atoms with Crippen molar-refractivity contribution in [1.29, 1.82) is 0 Å². The van der Waals surface area contributed by atoms with Crippen molar-refractivity contribution in [2.75, 3.05) is 31.6 Å². The van der Waals surface area contributed by atoms with Crippen LogP contribution < -0.4 is 10.2 Å². The molecule has 2 aliphatic rings. The van der Waals surface area contributed by atoms with Gasteiger partial charge in [-0.15, -0.1) is 0 Å². The van der Waals surface area contributed by atoms with Gasteiger partial charge in [-0.3, -0.25) is 9.59 Å². The molecule has 0 spiro atoms. The Kier molecular flexibility index (Phi) is 7.06. The molecular weight excluding hydrogens is 476 g/mol. The minimum atomic E-state index is -0.186. The van der Waals surface area contributed by atoms with E-state index in [2.05, 4.69) is 49.3 Å². The fourth-order valence-electron chi connectivity index (χ4n) is 4.92. The van der Waals surface area contributed by atoms with Gasteiger partial charge in [0.1, 0.15) is 11.5 Å². The zero-order valence-corrected chi connectivity index (χ0v) is 21.8. The second-order valence-electron chi connectivity index (χ2n) is 9.31. The molecule has 1 atom stereocenters. The number of methoxy groups -OCH3 is 1. The van der Waals surface area contributed by atoms with E-state index in [1.165, 1.54) is 12.8 Å². The fourth-order valence-corrected chi connectivity index (χ4v) is 6.00. The zero-order valence-electron chi connectivity index (χ0n) is 20.9. The molecule has 1 N–H and O–H groups in total. The van der Waals surface area contributed by atoms with Crippen molar-refractivity contribution in [2.45, 2.75) is 37.9 Å². The highest BCUT2D eigenvalue weighted by molar-refractivity contribution is 7.97. The van der Waals surface area contributed by atoms with Crippen LogP contribution in [0, 0.1) is 12.8 Å². The van der Waals surface area contributed by atoms with Crippen LogP contribution in [-0.2, 0) is 36.2 Å². The summed E-state index contributed by atoms with van der Waals surface area (Å²) in [5, 5.41) is 3.07. The first-order valence-corrected chi connectivity index (χ1v) is 13.0. The van der Waals surface area contributed by atoms with E-state index in [1.54, 1.807) is 18.1 Å². The molecule has 1 saturated heterocycles. The van der Waals surface area contributed by atoms with Crippen LogP contribution in [0.4, 0.5) is 5.82 Å². The maximum absolute atomic E-state index is 13.2.